The lowest BCUT2D eigenvalue weighted by molar-refractivity contribution is 0.474. The van der Waals surface area contributed by atoms with E-state index in [2.05, 4.69) is 4.98 Å². The maximum Gasteiger partial charge on any atom is 0.266 e. The second-order valence-electron chi connectivity index (χ2n) is 6.36. The minimum absolute atomic E-state index is 0.124. The topological polar surface area (TPSA) is 55.1 Å². The Labute approximate surface area is 156 Å². The van der Waals surface area contributed by atoms with Gasteiger partial charge in [-0.15, -0.1) is 0 Å². The molecule has 1 heterocycles. The first-order valence-corrected chi connectivity index (χ1v) is 8.68. The van der Waals surface area contributed by atoms with Gasteiger partial charge in [-0.1, -0.05) is 48.0 Å². The summed E-state index contributed by atoms with van der Waals surface area (Å²) in [4.78, 5) is 17.8. The Hall–Kier alpha value is -3.66. The number of phenols is 1. The lowest BCUT2D eigenvalue weighted by Gasteiger charge is -2.11. The van der Waals surface area contributed by atoms with Crippen LogP contribution in [0.25, 0.3) is 28.7 Å². The summed E-state index contributed by atoms with van der Waals surface area (Å²) in [5.41, 5.74) is 3.05. The normalized spacial score (nSPS) is 11.3. The average Bonchev–Trinajstić information content (AvgIpc) is 2.69. The number of aromatic hydroxyl groups is 1. The first-order chi connectivity index (χ1) is 13.1. The molecule has 27 heavy (non-hydrogen) atoms. The summed E-state index contributed by atoms with van der Waals surface area (Å²) >= 11 is 0. The Morgan fingerprint density at radius 1 is 0.889 bits per heavy atom. The Kier molecular flexibility index (Phi) is 4.30. The van der Waals surface area contributed by atoms with Crippen LogP contribution in [0, 0.1) is 6.92 Å². The zero-order chi connectivity index (χ0) is 18.8. The van der Waals surface area contributed by atoms with E-state index in [4.69, 9.17) is 0 Å². The zero-order valence-electron chi connectivity index (χ0n) is 14.8. The standard InChI is InChI=1S/C23H18N2O2/c1-16-10-13-18(14-11-16)25-22(15-12-17-6-2-5-9-21(17)26)24-20-8-4-3-7-19(20)23(25)27/h2-15,26H,1H3. The van der Waals surface area contributed by atoms with Crippen molar-refractivity contribution in [3.8, 4) is 11.4 Å². The molecule has 4 aromatic rings. The molecule has 1 aromatic heterocycles. The van der Waals surface area contributed by atoms with Crippen molar-refractivity contribution in [2.75, 3.05) is 0 Å². The van der Waals surface area contributed by atoms with Crippen LogP contribution < -0.4 is 5.56 Å². The molecular formula is C23H18N2O2. The van der Waals surface area contributed by atoms with Crippen LogP contribution in [-0.4, -0.2) is 14.7 Å². The van der Waals surface area contributed by atoms with Gasteiger partial charge in [-0.25, -0.2) is 4.98 Å². The highest BCUT2D eigenvalue weighted by molar-refractivity contribution is 5.80. The smallest absolute Gasteiger partial charge is 0.266 e. The van der Waals surface area contributed by atoms with Gasteiger partial charge in [-0.05, 0) is 49.4 Å². The fourth-order valence-electron chi connectivity index (χ4n) is 3.00. The van der Waals surface area contributed by atoms with Crippen molar-refractivity contribution in [3.63, 3.8) is 0 Å². The quantitative estimate of drug-likeness (QED) is 0.586. The third-order valence-electron chi connectivity index (χ3n) is 4.44. The van der Waals surface area contributed by atoms with E-state index >= 15 is 0 Å². The SMILES string of the molecule is Cc1ccc(-n2c(C=Cc3ccccc3O)nc3ccccc3c2=O)cc1. The summed E-state index contributed by atoms with van der Waals surface area (Å²) in [6, 6.07) is 22.1. The minimum Gasteiger partial charge on any atom is -0.507 e. The Bertz CT molecular complexity index is 1210. The van der Waals surface area contributed by atoms with Gasteiger partial charge in [0.15, 0.2) is 0 Å². The Balaban J connectivity index is 1.95. The molecule has 0 aliphatic rings. The Morgan fingerprint density at radius 3 is 2.37 bits per heavy atom. The second-order valence-corrected chi connectivity index (χ2v) is 6.36. The largest absolute Gasteiger partial charge is 0.507 e. The molecular weight excluding hydrogens is 336 g/mol. The summed E-state index contributed by atoms with van der Waals surface area (Å²) < 4.78 is 1.60. The van der Waals surface area contributed by atoms with Crippen molar-refractivity contribution in [1.82, 2.24) is 9.55 Å². The van der Waals surface area contributed by atoms with Crippen molar-refractivity contribution in [3.05, 3.63) is 100 Å². The number of para-hydroxylation sites is 2. The van der Waals surface area contributed by atoms with Gasteiger partial charge in [0.1, 0.15) is 11.6 Å². The van der Waals surface area contributed by atoms with Crippen molar-refractivity contribution >= 4 is 23.1 Å². The maximum absolute atomic E-state index is 13.2. The van der Waals surface area contributed by atoms with Crippen molar-refractivity contribution in [2.45, 2.75) is 6.92 Å². The van der Waals surface area contributed by atoms with Crippen LogP contribution in [0.1, 0.15) is 17.0 Å². The number of aromatic nitrogens is 2. The molecule has 0 radical (unpaired) electrons. The summed E-state index contributed by atoms with van der Waals surface area (Å²) in [6.45, 7) is 2.00. The van der Waals surface area contributed by atoms with E-state index in [9.17, 15) is 9.90 Å². The zero-order valence-corrected chi connectivity index (χ0v) is 14.8. The van der Waals surface area contributed by atoms with Crippen molar-refractivity contribution in [1.29, 1.82) is 0 Å². The predicted molar refractivity (Wildman–Crippen MR) is 109 cm³/mol. The molecule has 4 rings (SSSR count). The van der Waals surface area contributed by atoms with Gasteiger partial charge in [0.05, 0.1) is 16.6 Å². The van der Waals surface area contributed by atoms with Gasteiger partial charge in [0.25, 0.3) is 5.56 Å². The molecule has 132 valence electrons. The number of aryl methyl sites for hydroxylation is 1. The Morgan fingerprint density at radius 2 is 1.59 bits per heavy atom. The lowest BCUT2D eigenvalue weighted by atomic mass is 10.1. The number of benzene rings is 3. The summed E-state index contributed by atoms with van der Waals surface area (Å²) in [7, 11) is 0. The average molecular weight is 354 g/mol. The highest BCUT2D eigenvalue weighted by Crippen LogP contribution is 2.20. The van der Waals surface area contributed by atoms with E-state index < -0.39 is 0 Å². The van der Waals surface area contributed by atoms with Crippen LogP contribution in [0.3, 0.4) is 0 Å². The molecule has 4 heteroatoms. The highest BCUT2D eigenvalue weighted by Gasteiger charge is 2.11. The van der Waals surface area contributed by atoms with Gasteiger partial charge < -0.3 is 5.11 Å². The number of nitrogens with zero attached hydrogens (tertiary/aromatic N) is 2. The van der Waals surface area contributed by atoms with E-state index in [0.717, 1.165) is 11.3 Å². The van der Waals surface area contributed by atoms with Crippen LogP contribution in [0.2, 0.25) is 0 Å². The molecule has 0 aliphatic heterocycles. The van der Waals surface area contributed by atoms with Crippen LogP contribution in [0.5, 0.6) is 5.75 Å². The molecule has 0 saturated heterocycles. The van der Waals surface area contributed by atoms with E-state index in [-0.39, 0.29) is 11.3 Å². The number of fused-ring (bicyclic) bond motifs is 1. The number of phenolic OH excluding ortho intramolecular Hbond substituents is 1. The van der Waals surface area contributed by atoms with Crippen molar-refractivity contribution in [2.24, 2.45) is 0 Å². The third-order valence-corrected chi connectivity index (χ3v) is 4.44. The second kappa shape index (κ2) is 6.92. The van der Waals surface area contributed by atoms with E-state index in [1.54, 1.807) is 41.0 Å². The molecule has 0 saturated carbocycles. The molecule has 0 atom stereocenters. The first-order valence-electron chi connectivity index (χ1n) is 8.68. The number of hydrogen-bond acceptors (Lipinski definition) is 3. The van der Waals surface area contributed by atoms with Crippen molar-refractivity contribution < 1.29 is 5.11 Å². The third kappa shape index (κ3) is 3.25. The number of rotatable bonds is 3. The fraction of sp³-hybridized carbons (Fsp3) is 0.0435. The van der Waals surface area contributed by atoms with Crippen LogP contribution >= 0.6 is 0 Å². The van der Waals surface area contributed by atoms with E-state index in [0.29, 0.717) is 22.3 Å². The van der Waals surface area contributed by atoms with Gasteiger partial charge in [0.2, 0.25) is 0 Å². The number of hydrogen-bond donors (Lipinski definition) is 1. The summed E-state index contributed by atoms with van der Waals surface area (Å²) in [5.74, 6) is 0.685. The van der Waals surface area contributed by atoms with Crippen LogP contribution in [-0.2, 0) is 0 Å². The fourth-order valence-corrected chi connectivity index (χ4v) is 3.00. The molecule has 0 spiro atoms. The van der Waals surface area contributed by atoms with Gasteiger partial charge in [-0.2, -0.15) is 0 Å². The molecule has 0 fully saturated rings. The monoisotopic (exact) mass is 354 g/mol. The first kappa shape index (κ1) is 16.8. The van der Waals surface area contributed by atoms with Gasteiger partial charge >= 0.3 is 0 Å². The van der Waals surface area contributed by atoms with E-state index in [1.165, 1.54) is 0 Å². The molecule has 1 N–H and O–H groups in total. The van der Waals surface area contributed by atoms with Crippen LogP contribution in [0.4, 0.5) is 0 Å². The van der Waals surface area contributed by atoms with E-state index in [1.807, 2.05) is 55.5 Å². The molecule has 0 unspecified atom stereocenters. The van der Waals surface area contributed by atoms with Gasteiger partial charge in [0, 0.05) is 5.56 Å². The van der Waals surface area contributed by atoms with Gasteiger partial charge in [-0.3, -0.25) is 9.36 Å². The highest BCUT2D eigenvalue weighted by atomic mass is 16.3. The minimum atomic E-state index is -0.124. The summed E-state index contributed by atoms with van der Waals surface area (Å²) in [5, 5.41) is 10.6. The molecule has 0 amide bonds. The lowest BCUT2D eigenvalue weighted by Crippen LogP contribution is -2.22. The molecule has 0 aliphatic carbocycles. The molecule has 3 aromatic carbocycles. The molecule has 4 nitrogen and oxygen atoms in total. The summed E-state index contributed by atoms with van der Waals surface area (Å²) in [6.07, 6.45) is 3.51. The van der Waals surface area contributed by atoms with Crippen LogP contribution in [0.15, 0.2) is 77.6 Å². The maximum atomic E-state index is 13.2. The molecule has 0 bridgehead atoms. The predicted octanol–water partition coefficient (Wildman–Crippen LogP) is 4.57.